The Morgan fingerprint density at radius 3 is 2.41 bits per heavy atom. The van der Waals surface area contributed by atoms with E-state index in [0.717, 1.165) is 4.47 Å². The van der Waals surface area contributed by atoms with Crippen molar-refractivity contribution in [3.05, 3.63) is 45.6 Å². The third-order valence-corrected chi connectivity index (χ3v) is 4.00. The fraction of sp³-hybridized carbons (Fsp3) is 0.0667. The van der Waals surface area contributed by atoms with Crippen LogP contribution in [0.15, 0.2) is 28.9 Å². The first kappa shape index (κ1) is 13.7. The molecule has 0 spiro atoms. The van der Waals surface area contributed by atoms with Gasteiger partial charge in [0.1, 0.15) is 35.7 Å². The smallest absolute Gasteiger partial charge is 0.241 e. The van der Waals surface area contributed by atoms with Gasteiger partial charge in [-0.2, -0.15) is 21.0 Å². The van der Waals surface area contributed by atoms with Crippen LogP contribution in [0, 0.1) is 45.3 Å². The van der Waals surface area contributed by atoms with E-state index in [4.69, 9.17) is 5.26 Å². The van der Waals surface area contributed by atoms with Crippen molar-refractivity contribution in [1.82, 2.24) is 4.57 Å². The molecule has 2 aromatic rings. The quantitative estimate of drug-likeness (QED) is 0.786. The molecule has 2 heterocycles. The number of benzene rings is 1. The maximum absolute atomic E-state index is 9.51. The highest BCUT2D eigenvalue weighted by Gasteiger charge is 2.41. The van der Waals surface area contributed by atoms with Crippen molar-refractivity contribution < 1.29 is 0 Å². The lowest BCUT2D eigenvalue weighted by atomic mass is 9.89. The van der Waals surface area contributed by atoms with Crippen LogP contribution in [0.5, 0.6) is 0 Å². The fourth-order valence-corrected chi connectivity index (χ4v) is 2.83. The summed E-state index contributed by atoms with van der Waals surface area (Å²) in [6.45, 7) is 0. The molecule has 0 atom stereocenters. The number of nitriles is 4. The van der Waals surface area contributed by atoms with Gasteiger partial charge in [-0.1, -0.05) is 22.0 Å². The zero-order valence-corrected chi connectivity index (χ0v) is 12.5. The molecule has 6 nitrogen and oxygen atoms in total. The summed E-state index contributed by atoms with van der Waals surface area (Å²) < 4.78 is 2.37. The molecular weight excluding hydrogens is 344 g/mol. The third kappa shape index (κ3) is 1.61. The Labute approximate surface area is 134 Å². The zero-order chi connectivity index (χ0) is 15.9. The molecule has 0 aliphatic carbocycles. The molecule has 1 aromatic heterocycles. The molecule has 0 saturated carbocycles. The van der Waals surface area contributed by atoms with Gasteiger partial charge in [0.05, 0.1) is 11.3 Å². The van der Waals surface area contributed by atoms with Gasteiger partial charge in [-0.25, -0.2) is 0 Å². The van der Waals surface area contributed by atoms with Crippen LogP contribution in [-0.2, 0) is 5.54 Å². The minimum atomic E-state index is -1.61. The Balaban J connectivity index is 2.45. The Bertz CT molecular complexity index is 960. The van der Waals surface area contributed by atoms with Crippen LogP contribution in [0.2, 0.25) is 0 Å². The highest BCUT2D eigenvalue weighted by Crippen LogP contribution is 2.40. The van der Waals surface area contributed by atoms with Crippen molar-refractivity contribution in [2.75, 3.05) is 5.32 Å². The topological polar surface area (TPSA) is 112 Å². The van der Waals surface area contributed by atoms with Gasteiger partial charge in [0.15, 0.2) is 0 Å². The molecule has 1 aliphatic heterocycles. The van der Waals surface area contributed by atoms with E-state index in [1.165, 1.54) is 6.20 Å². The minimum absolute atomic E-state index is 0.114. The van der Waals surface area contributed by atoms with Gasteiger partial charge in [-0.3, -0.25) is 0 Å². The molecule has 1 N–H and O–H groups in total. The van der Waals surface area contributed by atoms with Gasteiger partial charge < -0.3 is 9.88 Å². The first-order chi connectivity index (χ1) is 10.6. The molecule has 102 valence electrons. The van der Waals surface area contributed by atoms with Crippen LogP contribution in [0.25, 0.3) is 5.69 Å². The summed E-state index contributed by atoms with van der Waals surface area (Å²) in [5.74, 6) is 0.271. The second kappa shape index (κ2) is 4.64. The summed E-state index contributed by atoms with van der Waals surface area (Å²) in [6, 6.07) is 13.0. The van der Waals surface area contributed by atoms with Crippen molar-refractivity contribution in [1.29, 1.82) is 21.0 Å². The number of halogens is 1. The Morgan fingerprint density at radius 2 is 1.82 bits per heavy atom. The normalized spacial score (nSPS) is 13.3. The second-order valence-corrected chi connectivity index (χ2v) is 5.54. The van der Waals surface area contributed by atoms with Gasteiger partial charge in [0.2, 0.25) is 5.54 Å². The second-order valence-electron chi connectivity index (χ2n) is 4.62. The lowest BCUT2D eigenvalue weighted by Crippen LogP contribution is -2.37. The molecule has 0 bridgehead atoms. The molecule has 0 saturated heterocycles. The van der Waals surface area contributed by atoms with Crippen molar-refractivity contribution in [2.45, 2.75) is 5.54 Å². The van der Waals surface area contributed by atoms with E-state index in [-0.39, 0.29) is 16.9 Å². The fourth-order valence-electron chi connectivity index (χ4n) is 2.48. The Hall–Kier alpha value is -3.26. The van der Waals surface area contributed by atoms with Gasteiger partial charge >= 0.3 is 0 Å². The molecule has 0 amide bonds. The zero-order valence-electron chi connectivity index (χ0n) is 10.9. The van der Waals surface area contributed by atoms with Gasteiger partial charge in [-0.05, 0) is 12.1 Å². The van der Waals surface area contributed by atoms with E-state index in [9.17, 15) is 15.8 Å². The van der Waals surface area contributed by atoms with Gasteiger partial charge in [-0.15, -0.1) is 0 Å². The summed E-state index contributed by atoms with van der Waals surface area (Å²) >= 11 is 3.35. The number of nitrogens with zero attached hydrogens (tertiary/aromatic N) is 5. The van der Waals surface area contributed by atoms with E-state index >= 15 is 0 Å². The monoisotopic (exact) mass is 348 g/mol. The molecule has 0 unspecified atom stereocenters. The van der Waals surface area contributed by atoms with Crippen molar-refractivity contribution >= 4 is 21.7 Å². The van der Waals surface area contributed by atoms with Gasteiger partial charge in [0.25, 0.3) is 0 Å². The van der Waals surface area contributed by atoms with E-state index in [1.807, 2.05) is 24.3 Å². The number of hydrogen-bond donors (Lipinski definition) is 1. The highest BCUT2D eigenvalue weighted by atomic mass is 79.9. The van der Waals surface area contributed by atoms with Crippen molar-refractivity contribution in [3.8, 4) is 30.0 Å². The van der Waals surface area contributed by atoms with E-state index in [0.29, 0.717) is 11.3 Å². The first-order valence-electron chi connectivity index (χ1n) is 6.07. The van der Waals surface area contributed by atoms with Crippen LogP contribution >= 0.6 is 15.9 Å². The number of aromatic nitrogens is 1. The lowest BCUT2D eigenvalue weighted by Gasteiger charge is -2.31. The highest BCUT2D eigenvalue weighted by molar-refractivity contribution is 9.10. The molecule has 1 aromatic carbocycles. The van der Waals surface area contributed by atoms with Crippen molar-refractivity contribution in [2.24, 2.45) is 0 Å². The number of nitrogens with one attached hydrogen (secondary N) is 1. The lowest BCUT2D eigenvalue weighted by molar-refractivity contribution is 0.755. The number of anilines is 1. The molecule has 22 heavy (non-hydrogen) atoms. The maximum Gasteiger partial charge on any atom is 0.241 e. The van der Waals surface area contributed by atoms with Gasteiger partial charge in [0, 0.05) is 16.2 Å². The van der Waals surface area contributed by atoms with E-state index < -0.39 is 5.54 Å². The first-order valence-corrected chi connectivity index (χ1v) is 6.86. The number of rotatable bonds is 0. The Morgan fingerprint density at radius 1 is 1.09 bits per heavy atom. The van der Waals surface area contributed by atoms with Crippen LogP contribution in [0.4, 0.5) is 5.82 Å². The van der Waals surface area contributed by atoms with Crippen LogP contribution in [0.3, 0.4) is 0 Å². The van der Waals surface area contributed by atoms with E-state index in [2.05, 4.69) is 21.2 Å². The average Bonchev–Trinajstić information content (AvgIpc) is 2.91. The van der Waals surface area contributed by atoms with Crippen LogP contribution in [-0.4, -0.2) is 4.57 Å². The van der Waals surface area contributed by atoms with Crippen LogP contribution in [0.1, 0.15) is 16.7 Å². The minimum Gasteiger partial charge on any atom is -0.337 e. The summed E-state index contributed by atoms with van der Waals surface area (Å²) in [5, 5.41) is 40.3. The summed E-state index contributed by atoms with van der Waals surface area (Å²) in [4.78, 5) is 0. The van der Waals surface area contributed by atoms with E-state index in [1.54, 1.807) is 22.8 Å². The SMILES string of the molecule is N#Cc1cn2c(c1C#N)NC(C#N)(C#N)c1ccc(Br)cc1-2. The number of hydrogen-bond acceptors (Lipinski definition) is 5. The Kier molecular flexibility index (Phi) is 2.89. The summed E-state index contributed by atoms with van der Waals surface area (Å²) in [7, 11) is 0. The predicted molar refractivity (Wildman–Crippen MR) is 79.4 cm³/mol. The standard InChI is InChI=1S/C15H5BrN6/c16-10-1-2-12-13(3-10)22-6-9(4-17)11(5-18)14(22)21-15(12,7-19)8-20/h1-3,6,21H. The molecule has 0 fully saturated rings. The predicted octanol–water partition coefficient (Wildman–Crippen LogP) is 2.65. The summed E-state index contributed by atoms with van der Waals surface area (Å²) in [5.41, 5.74) is -0.269. The van der Waals surface area contributed by atoms with Crippen molar-refractivity contribution in [3.63, 3.8) is 0 Å². The number of fused-ring (bicyclic) bond motifs is 3. The molecule has 1 aliphatic rings. The maximum atomic E-state index is 9.51. The summed E-state index contributed by atoms with van der Waals surface area (Å²) in [6.07, 6.45) is 1.52. The van der Waals surface area contributed by atoms with Crippen LogP contribution < -0.4 is 5.32 Å². The molecular formula is C15H5BrN6. The third-order valence-electron chi connectivity index (χ3n) is 3.50. The largest absolute Gasteiger partial charge is 0.337 e. The molecule has 3 rings (SSSR count). The molecule has 0 radical (unpaired) electrons. The average molecular weight is 349 g/mol. The molecule has 7 heteroatoms.